The molecular weight excluding hydrogens is 446 g/mol. The first-order valence-electron chi connectivity index (χ1n) is 8.90. The van der Waals surface area contributed by atoms with Crippen molar-refractivity contribution in [3.8, 4) is 0 Å². The van der Waals surface area contributed by atoms with E-state index in [1.54, 1.807) is 36.4 Å². The van der Waals surface area contributed by atoms with Crippen LogP contribution in [0, 0.1) is 0 Å². The Morgan fingerprint density at radius 3 is 2.03 bits per heavy atom. The van der Waals surface area contributed by atoms with Gasteiger partial charge in [0.2, 0.25) is 0 Å². The molecule has 2 aromatic carbocycles. The van der Waals surface area contributed by atoms with Crippen LogP contribution >= 0.6 is 11.3 Å². The molecule has 1 saturated carbocycles. The van der Waals surface area contributed by atoms with E-state index in [1.807, 2.05) is 0 Å². The zero-order valence-electron chi connectivity index (χ0n) is 15.5. The maximum absolute atomic E-state index is 13.5. The summed E-state index contributed by atoms with van der Waals surface area (Å²) in [6, 6.07) is 18.2. The van der Waals surface area contributed by atoms with Crippen LogP contribution in [-0.4, -0.2) is 37.2 Å². The van der Waals surface area contributed by atoms with E-state index in [1.165, 1.54) is 41.8 Å². The molecule has 1 aliphatic carbocycles. The molecule has 1 N–H and O–H groups in total. The van der Waals surface area contributed by atoms with Crippen molar-refractivity contribution in [1.82, 2.24) is 3.71 Å². The molecule has 0 amide bonds. The van der Waals surface area contributed by atoms with Gasteiger partial charge in [0, 0.05) is 5.92 Å². The Balaban J connectivity index is 1.96. The first kappa shape index (κ1) is 20.7. The second kappa shape index (κ2) is 7.31. The fourth-order valence-electron chi connectivity index (χ4n) is 3.59. The molecule has 0 radical (unpaired) electrons. The van der Waals surface area contributed by atoms with Crippen molar-refractivity contribution >= 4 is 37.4 Å². The van der Waals surface area contributed by atoms with Crippen LogP contribution in [0.3, 0.4) is 0 Å². The lowest BCUT2D eigenvalue weighted by Gasteiger charge is -2.28. The van der Waals surface area contributed by atoms with Crippen molar-refractivity contribution in [3.63, 3.8) is 0 Å². The first-order chi connectivity index (χ1) is 14.2. The Morgan fingerprint density at radius 2 is 1.50 bits per heavy atom. The lowest BCUT2D eigenvalue weighted by Crippen LogP contribution is -2.51. The van der Waals surface area contributed by atoms with Crippen LogP contribution in [0.4, 0.5) is 0 Å². The smallest absolute Gasteiger partial charge is 0.327 e. The number of nitrogens with zero attached hydrogens (tertiary/aromatic N) is 1. The lowest BCUT2D eigenvalue weighted by atomic mass is 10.1. The molecule has 4 rings (SSSR count). The van der Waals surface area contributed by atoms with Crippen LogP contribution in [0.2, 0.25) is 0 Å². The van der Waals surface area contributed by atoms with E-state index in [-0.39, 0.29) is 19.2 Å². The Bertz CT molecular complexity index is 1270. The zero-order chi connectivity index (χ0) is 21.6. The molecule has 0 bridgehead atoms. The fraction of sp³-hybridized carbons (Fsp3) is 0.150. The van der Waals surface area contributed by atoms with Crippen molar-refractivity contribution in [3.05, 3.63) is 83.7 Å². The predicted octanol–water partition coefficient (Wildman–Crippen LogP) is 3.14. The van der Waals surface area contributed by atoms with Gasteiger partial charge < -0.3 is 5.11 Å². The molecular formula is C20H17NO6S3. The third kappa shape index (κ3) is 3.16. The van der Waals surface area contributed by atoms with Gasteiger partial charge in [-0.2, -0.15) is 0 Å². The van der Waals surface area contributed by atoms with Crippen LogP contribution in [0.5, 0.6) is 0 Å². The minimum absolute atomic E-state index is 0.150. The Morgan fingerprint density at radius 1 is 0.900 bits per heavy atom. The number of carboxylic acids is 1. The molecule has 1 fully saturated rings. The van der Waals surface area contributed by atoms with Gasteiger partial charge in [0.25, 0.3) is 20.0 Å². The highest BCUT2D eigenvalue weighted by Gasteiger charge is 2.72. The van der Waals surface area contributed by atoms with E-state index in [0.717, 1.165) is 11.3 Å². The Labute approximate surface area is 178 Å². The highest BCUT2D eigenvalue weighted by atomic mass is 32.3. The summed E-state index contributed by atoms with van der Waals surface area (Å²) in [6.45, 7) is 0. The number of thiophene rings is 1. The Hall–Kier alpha value is -2.53. The van der Waals surface area contributed by atoms with Gasteiger partial charge in [0.15, 0.2) is 5.54 Å². The fourth-order valence-corrected chi connectivity index (χ4v) is 9.11. The van der Waals surface area contributed by atoms with Gasteiger partial charge in [-0.05, 0) is 35.6 Å². The quantitative estimate of drug-likeness (QED) is 0.577. The largest absolute Gasteiger partial charge is 0.480 e. The monoisotopic (exact) mass is 463 g/mol. The van der Waals surface area contributed by atoms with Crippen molar-refractivity contribution in [2.75, 3.05) is 0 Å². The van der Waals surface area contributed by atoms with Crippen LogP contribution in [0.1, 0.15) is 17.9 Å². The number of carbonyl (C=O) groups is 1. The number of rotatable bonds is 7. The number of benzene rings is 2. The van der Waals surface area contributed by atoms with E-state index >= 15 is 0 Å². The van der Waals surface area contributed by atoms with Crippen molar-refractivity contribution < 1.29 is 26.7 Å². The summed E-state index contributed by atoms with van der Waals surface area (Å²) in [5, 5.41) is 11.6. The van der Waals surface area contributed by atoms with Gasteiger partial charge in [0.05, 0.1) is 4.90 Å². The summed E-state index contributed by atoms with van der Waals surface area (Å²) in [5.41, 5.74) is -1.58. The SMILES string of the molecule is O=C(O)[C@@]1(N(S(=O)(=O)c2ccccc2)S(=O)(=O)c2cccs2)C[C@H]1c1ccccc1. The summed E-state index contributed by atoms with van der Waals surface area (Å²) < 4.78 is 54.0. The van der Waals surface area contributed by atoms with Gasteiger partial charge in [-0.25, -0.2) is 16.8 Å². The third-order valence-corrected chi connectivity index (χ3v) is 10.9. The van der Waals surface area contributed by atoms with Crippen molar-refractivity contribution in [2.24, 2.45) is 0 Å². The molecule has 0 aliphatic heterocycles. The molecule has 1 aromatic heterocycles. The van der Waals surface area contributed by atoms with Crippen LogP contribution in [-0.2, 0) is 24.8 Å². The number of sulfonamides is 2. The van der Waals surface area contributed by atoms with Crippen LogP contribution in [0.15, 0.2) is 87.3 Å². The number of carboxylic acid groups (broad SMARTS) is 1. The minimum Gasteiger partial charge on any atom is -0.480 e. The summed E-state index contributed by atoms with van der Waals surface area (Å²) >= 11 is 0.835. The van der Waals surface area contributed by atoms with Gasteiger partial charge in [0.1, 0.15) is 4.21 Å². The highest BCUT2D eigenvalue weighted by Crippen LogP contribution is 2.59. The standard InChI is InChI=1S/C20H17NO6S3/c22-19(23)20(14-17(20)15-8-3-1-4-9-15)21(30(26,27)18-12-7-13-28-18)29(24,25)16-10-5-2-6-11-16/h1-13,17H,14H2,(H,22,23)/t17-,20+/m0/s1. The average molecular weight is 464 g/mol. The lowest BCUT2D eigenvalue weighted by molar-refractivity contribution is -0.142. The van der Waals surface area contributed by atoms with E-state index in [9.17, 15) is 26.7 Å². The highest BCUT2D eigenvalue weighted by molar-refractivity contribution is 8.05. The number of hydrogen-bond acceptors (Lipinski definition) is 6. The van der Waals surface area contributed by atoms with Crippen LogP contribution < -0.4 is 0 Å². The second-order valence-electron chi connectivity index (χ2n) is 6.85. The van der Waals surface area contributed by atoms with Gasteiger partial charge >= 0.3 is 5.97 Å². The summed E-state index contributed by atoms with van der Waals surface area (Å²) in [5.74, 6) is -2.31. The maximum atomic E-state index is 13.5. The van der Waals surface area contributed by atoms with E-state index in [2.05, 4.69) is 0 Å². The average Bonchev–Trinajstić information content (AvgIpc) is 3.20. The molecule has 30 heavy (non-hydrogen) atoms. The van der Waals surface area contributed by atoms with Crippen molar-refractivity contribution in [1.29, 1.82) is 0 Å². The third-order valence-electron chi connectivity index (χ3n) is 5.06. The molecule has 10 heteroatoms. The number of hydrogen-bond donors (Lipinski definition) is 1. The molecule has 0 unspecified atom stereocenters. The number of aliphatic carboxylic acids is 1. The van der Waals surface area contributed by atoms with E-state index in [0.29, 0.717) is 5.56 Å². The Kier molecular flexibility index (Phi) is 5.05. The minimum atomic E-state index is -4.69. The van der Waals surface area contributed by atoms with Crippen molar-refractivity contribution in [2.45, 2.75) is 27.0 Å². The summed E-state index contributed by atoms with van der Waals surface area (Å²) in [7, 11) is -9.36. The molecule has 156 valence electrons. The summed E-state index contributed by atoms with van der Waals surface area (Å²) in [6.07, 6.45) is -0.150. The maximum Gasteiger partial charge on any atom is 0.327 e. The van der Waals surface area contributed by atoms with Crippen LogP contribution in [0.25, 0.3) is 0 Å². The van der Waals surface area contributed by atoms with E-state index < -0.39 is 37.5 Å². The molecule has 2 atom stereocenters. The van der Waals surface area contributed by atoms with Gasteiger partial charge in [-0.3, -0.25) is 4.79 Å². The molecule has 3 aromatic rings. The zero-order valence-corrected chi connectivity index (χ0v) is 17.9. The van der Waals surface area contributed by atoms with E-state index in [4.69, 9.17) is 0 Å². The second-order valence-corrected chi connectivity index (χ2v) is 11.8. The predicted molar refractivity (Wildman–Crippen MR) is 111 cm³/mol. The van der Waals surface area contributed by atoms with Gasteiger partial charge in [-0.15, -0.1) is 11.3 Å². The summed E-state index contributed by atoms with van der Waals surface area (Å²) in [4.78, 5) is 12.1. The molecule has 1 aliphatic rings. The molecule has 0 spiro atoms. The normalized spacial score (nSPS) is 21.4. The first-order valence-corrected chi connectivity index (χ1v) is 12.7. The topological polar surface area (TPSA) is 109 Å². The molecule has 0 saturated heterocycles. The van der Waals surface area contributed by atoms with Gasteiger partial charge in [-0.1, -0.05) is 58.3 Å². The molecule has 7 nitrogen and oxygen atoms in total. The molecule has 1 heterocycles.